The van der Waals surface area contributed by atoms with Gasteiger partial charge in [-0.3, -0.25) is 4.79 Å². The third-order valence-electron chi connectivity index (χ3n) is 5.16. The van der Waals surface area contributed by atoms with Crippen LogP contribution in [0.25, 0.3) is 17.4 Å². The van der Waals surface area contributed by atoms with Gasteiger partial charge >= 0.3 is 0 Å². The minimum Gasteiger partial charge on any atom is -0.493 e. The van der Waals surface area contributed by atoms with Crippen molar-refractivity contribution in [2.45, 2.75) is 19.9 Å². The molecule has 1 aliphatic heterocycles. The topological polar surface area (TPSA) is 64.8 Å². The van der Waals surface area contributed by atoms with Gasteiger partial charge in [0.25, 0.3) is 0 Å². The first-order chi connectivity index (χ1) is 15.1. The van der Waals surface area contributed by atoms with Crippen molar-refractivity contribution in [3.05, 3.63) is 71.2 Å². The Morgan fingerprint density at radius 2 is 2.03 bits per heavy atom. The maximum atomic E-state index is 13.2. The van der Waals surface area contributed by atoms with E-state index >= 15 is 0 Å². The Morgan fingerprint density at radius 3 is 2.77 bits per heavy atom. The van der Waals surface area contributed by atoms with Crippen LogP contribution in [0, 0.1) is 5.82 Å². The van der Waals surface area contributed by atoms with Gasteiger partial charge in [-0.1, -0.05) is 11.2 Å². The molecule has 2 heterocycles. The summed E-state index contributed by atoms with van der Waals surface area (Å²) in [7, 11) is 1.58. The van der Waals surface area contributed by atoms with Crippen LogP contribution >= 0.6 is 0 Å². The summed E-state index contributed by atoms with van der Waals surface area (Å²) in [4.78, 5) is 14.5. The Balaban J connectivity index is 1.49. The molecule has 2 aromatic carbocycles. The number of benzene rings is 2. The number of halogens is 1. The number of hydrogen-bond donors (Lipinski definition) is 0. The second kappa shape index (κ2) is 9.04. The number of amides is 1. The highest BCUT2D eigenvalue weighted by atomic mass is 19.1. The van der Waals surface area contributed by atoms with Crippen molar-refractivity contribution in [3.63, 3.8) is 0 Å². The highest BCUT2D eigenvalue weighted by molar-refractivity contribution is 5.92. The lowest BCUT2D eigenvalue weighted by atomic mass is 10.0. The molecule has 0 spiro atoms. The van der Waals surface area contributed by atoms with E-state index in [1.165, 1.54) is 12.1 Å². The van der Waals surface area contributed by atoms with Crippen molar-refractivity contribution in [3.8, 4) is 22.8 Å². The zero-order valence-electron chi connectivity index (χ0n) is 17.4. The van der Waals surface area contributed by atoms with Gasteiger partial charge < -0.3 is 18.9 Å². The molecule has 1 aliphatic rings. The van der Waals surface area contributed by atoms with Crippen molar-refractivity contribution in [1.82, 2.24) is 10.1 Å². The number of hydrogen-bond acceptors (Lipinski definition) is 5. The van der Waals surface area contributed by atoms with Crippen LogP contribution in [-0.4, -0.2) is 36.2 Å². The highest BCUT2D eigenvalue weighted by Gasteiger charge is 2.26. The smallest absolute Gasteiger partial charge is 0.246 e. The molecule has 6 nitrogen and oxygen atoms in total. The minimum atomic E-state index is -0.315. The van der Waals surface area contributed by atoms with Crippen LogP contribution in [0.4, 0.5) is 4.39 Å². The molecule has 0 saturated carbocycles. The fraction of sp³-hybridized carbons (Fsp3) is 0.250. The van der Waals surface area contributed by atoms with Gasteiger partial charge in [-0.15, -0.1) is 0 Å². The Morgan fingerprint density at radius 1 is 1.23 bits per heavy atom. The van der Waals surface area contributed by atoms with E-state index < -0.39 is 0 Å². The largest absolute Gasteiger partial charge is 0.493 e. The van der Waals surface area contributed by atoms with E-state index in [-0.39, 0.29) is 11.7 Å². The highest BCUT2D eigenvalue weighted by Crippen LogP contribution is 2.31. The molecule has 0 aliphatic carbocycles. The van der Waals surface area contributed by atoms with Gasteiger partial charge in [-0.25, -0.2) is 4.39 Å². The summed E-state index contributed by atoms with van der Waals surface area (Å²) in [5, 5.41) is 4.13. The molecule has 1 amide bonds. The molecule has 160 valence electrons. The van der Waals surface area contributed by atoms with E-state index in [1.807, 2.05) is 25.1 Å². The van der Waals surface area contributed by atoms with Gasteiger partial charge in [0.05, 0.1) is 26.0 Å². The summed E-state index contributed by atoms with van der Waals surface area (Å²) in [6.07, 6.45) is 3.91. The standard InChI is InChI=1S/C24H23FN2O4/c1-3-30-21-10-4-16(14-22(21)29-2)5-11-23(28)27-13-12-20-19(15-27)24(31-26-20)17-6-8-18(25)9-7-17/h4-11,14H,3,12-13,15H2,1-2H3/b11-5+. The molecule has 0 atom stereocenters. The quantitative estimate of drug-likeness (QED) is 0.548. The van der Waals surface area contributed by atoms with E-state index in [2.05, 4.69) is 5.16 Å². The molecule has 0 fully saturated rings. The average molecular weight is 422 g/mol. The fourth-order valence-corrected chi connectivity index (χ4v) is 3.56. The van der Waals surface area contributed by atoms with Gasteiger partial charge in [0.1, 0.15) is 5.82 Å². The number of carbonyl (C=O) groups excluding carboxylic acids is 1. The van der Waals surface area contributed by atoms with Crippen LogP contribution in [0.5, 0.6) is 11.5 Å². The summed E-state index contributed by atoms with van der Waals surface area (Å²) in [6, 6.07) is 11.6. The Kier molecular flexibility index (Phi) is 6.02. The number of rotatable bonds is 6. The van der Waals surface area contributed by atoms with Crippen LogP contribution in [-0.2, 0) is 17.8 Å². The van der Waals surface area contributed by atoms with Crippen molar-refractivity contribution in [1.29, 1.82) is 0 Å². The van der Waals surface area contributed by atoms with E-state index in [0.29, 0.717) is 43.4 Å². The molecule has 7 heteroatoms. The second-order valence-electron chi connectivity index (χ2n) is 7.13. The maximum Gasteiger partial charge on any atom is 0.246 e. The molecule has 3 aromatic rings. The van der Waals surface area contributed by atoms with Crippen molar-refractivity contribution in [2.75, 3.05) is 20.3 Å². The van der Waals surface area contributed by atoms with Crippen LogP contribution in [0.1, 0.15) is 23.7 Å². The first-order valence-electron chi connectivity index (χ1n) is 10.1. The van der Waals surface area contributed by atoms with Crippen molar-refractivity contribution < 1.29 is 23.2 Å². The molecular weight excluding hydrogens is 399 g/mol. The van der Waals surface area contributed by atoms with E-state index in [9.17, 15) is 9.18 Å². The minimum absolute atomic E-state index is 0.107. The van der Waals surface area contributed by atoms with E-state index in [1.54, 1.807) is 36.3 Å². The molecular formula is C24H23FN2O4. The summed E-state index contributed by atoms with van der Waals surface area (Å²) < 4.78 is 29.6. The number of methoxy groups -OCH3 is 1. The monoisotopic (exact) mass is 422 g/mol. The normalized spacial score (nSPS) is 13.3. The zero-order chi connectivity index (χ0) is 21.8. The molecule has 0 saturated heterocycles. The number of aromatic nitrogens is 1. The second-order valence-corrected chi connectivity index (χ2v) is 7.13. The van der Waals surface area contributed by atoms with Gasteiger partial charge in [-0.05, 0) is 55.0 Å². The van der Waals surface area contributed by atoms with Crippen LogP contribution in [0.2, 0.25) is 0 Å². The number of nitrogens with zero attached hydrogens (tertiary/aromatic N) is 2. The lowest BCUT2D eigenvalue weighted by Crippen LogP contribution is -2.34. The summed E-state index contributed by atoms with van der Waals surface area (Å²) >= 11 is 0. The summed E-state index contributed by atoms with van der Waals surface area (Å²) in [5.41, 5.74) is 3.27. The molecule has 4 rings (SSSR count). The fourth-order valence-electron chi connectivity index (χ4n) is 3.56. The predicted octanol–water partition coefficient (Wildman–Crippen LogP) is 4.49. The Hall–Kier alpha value is -3.61. The van der Waals surface area contributed by atoms with Gasteiger partial charge in [0, 0.05) is 30.2 Å². The lowest BCUT2D eigenvalue weighted by Gasteiger charge is -2.25. The number of ether oxygens (including phenoxy) is 2. The lowest BCUT2D eigenvalue weighted by molar-refractivity contribution is -0.126. The van der Waals surface area contributed by atoms with Crippen LogP contribution < -0.4 is 9.47 Å². The third kappa shape index (κ3) is 4.45. The Labute approximate surface area is 179 Å². The predicted molar refractivity (Wildman–Crippen MR) is 114 cm³/mol. The van der Waals surface area contributed by atoms with Gasteiger partial charge in [0.15, 0.2) is 17.3 Å². The van der Waals surface area contributed by atoms with Crippen molar-refractivity contribution in [2.24, 2.45) is 0 Å². The number of fused-ring (bicyclic) bond motifs is 1. The SMILES string of the molecule is CCOc1ccc(/C=C/C(=O)N2CCc3noc(-c4ccc(F)cc4)c3C2)cc1OC. The first-order valence-corrected chi connectivity index (χ1v) is 10.1. The van der Waals surface area contributed by atoms with E-state index in [0.717, 1.165) is 22.4 Å². The number of carbonyl (C=O) groups is 1. The molecule has 0 N–H and O–H groups in total. The first kappa shape index (κ1) is 20.7. The van der Waals surface area contributed by atoms with Crippen LogP contribution in [0.3, 0.4) is 0 Å². The molecule has 1 aromatic heterocycles. The van der Waals surface area contributed by atoms with E-state index in [4.69, 9.17) is 14.0 Å². The molecule has 31 heavy (non-hydrogen) atoms. The average Bonchev–Trinajstić information content (AvgIpc) is 3.22. The van der Waals surface area contributed by atoms with Crippen molar-refractivity contribution >= 4 is 12.0 Å². The summed E-state index contributed by atoms with van der Waals surface area (Å²) in [5.74, 6) is 1.44. The molecule has 0 bridgehead atoms. The zero-order valence-corrected chi connectivity index (χ0v) is 17.4. The Bertz CT molecular complexity index is 1110. The molecule has 0 radical (unpaired) electrons. The van der Waals surface area contributed by atoms with Crippen LogP contribution in [0.15, 0.2) is 53.1 Å². The third-order valence-corrected chi connectivity index (χ3v) is 5.16. The van der Waals surface area contributed by atoms with Gasteiger partial charge in [-0.2, -0.15) is 0 Å². The summed E-state index contributed by atoms with van der Waals surface area (Å²) in [6.45, 7) is 3.40. The van der Waals surface area contributed by atoms with Gasteiger partial charge in [0.2, 0.25) is 5.91 Å². The maximum absolute atomic E-state index is 13.2. The molecule has 0 unspecified atom stereocenters.